The molecule has 3 rings (SSSR count). The second-order valence-corrected chi connectivity index (χ2v) is 5.32. The summed E-state index contributed by atoms with van der Waals surface area (Å²) in [4.78, 5) is 17.8. The van der Waals surface area contributed by atoms with E-state index < -0.39 is 0 Å². The van der Waals surface area contributed by atoms with Crippen molar-refractivity contribution in [2.45, 2.75) is 32.9 Å². The highest BCUT2D eigenvalue weighted by atomic mass is 35.5. The molecule has 1 aromatic carbocycles. The molecular formula is C15H20ClN5O2. The van der Waals surface area contributed by atoms with E-state index in [9.17, 15) is 4.79 Å². The van der Waals surface area contributed by atoms with Crippen LogP contribution in [0.2, 0.25) is 0 Å². The molecule has 3 N–H and O–H groups in total. The number of aromatic nitrogens is 2. The molecule has 0 radical (unpaired) electrons. The molecule has 0 unspecified atom stereocenters. The highest BCUT2D eigenvalue weighted by Gasteiger charge is 2.21. The Morgan fingerprint density at radius 3 is 3.00 bits per heavy atom. The maximum absolute atomic E-state index is 11.3. The lowest BCUT2D eigenvalue weighted by molar-refractivity contribution is -0.114. The number of nitrogens with zero attached hydrogens (tertiary/aromatic N) is 3. The molecule has 23 heavy (non-hydrogen) atoms. The van der Waals surface area contributed by atoms with Gasteiger partial charge in [-0.15, -0.1) is 12.4 Å². The van der Waals surface area contributed by atoms with Crippen molar-refractivity contribution in [3.05, 3.63) is 35.5 Å². The van der Waals surface area contributed by atoms with Crippen LogP contribution in [0.25, 0.3) is 0 Å². The number of amides is 1. The zero-order valence-corrected chi connectivity index (χ0v) is 13.7. The van der Waals surface area contributed by atoms with Gasteiger partial charge in [-0.1, -0.05) is 11.2 Å². The van der Waals surface area contributed by atoms with Crippen molar-refractivity contribution >= 4 is 29.7 Å². The molecule has 0 saturated heterocycles. The first-order chi connectivity index (χ1) is 10.7. The predicted molar refractivity (Wildman–Crippen MR) is 89.6 cm³/mol. The molecule has 7 nitrogen and oxygen atoms in total. The third-order valence-electron chi connectivity index (χ3n) is 3.67. The topological polar surface area (TPSA) is 97.3 Å². The monoisotopic (exact) mass is 337 g/mol. The van der Waals surface area contributed by atoms with Gasteiger partial charge in [0.25, 0.3) is 0 Å². The minimum atomic E-state index is -0.0590. The Morgan fingerprint density at radius 2 is 2.30 bits per heavy atom. The van der Waals surface area contributed by atoms with Gasteiger partial charge in [-0.2, -0.15) is 4.98 Å². The Kier molecular flexibility index (Phi) is 5.57. The molecule has 124 valence electrons. The van der Waals surface area contributed by atoms with Crippen molar-refractivity contribution in [2.24, 2.45) is 5.73 Å². The average Bonchev–Trinajstić information content (AvgIpc) is 2.95. The fraction of sp³-hybridized carbons (Fsp3) is 0.400. The molecule has 1 aromatic heterocycles. The van der Waals surface area contributed by atoms with Gasteiger partial charge in [0.15, 0.2) is 5.82 Å². The van der Waals surface area contributed by atoms with E-state index in [0.717, 1.165) is 36.3 Å². The summed E-state index contributed by atoms with van der Waals surface area (Å²) in [6.07, 6.45) is 1.97. The van der Waals surface area contributed by atoms with Crippen LogP contribution in [0, 0.1) is 0 Å². The van der Waals surface area contributed by atoms with Crippen LogP contribution in [0.15, 0.2) is 22.7 Å². The summed E-state index contributed by atoms with van der Waals surface area (Å²) in [6, 6.07) is 5.94. The predicted octanol–water partition coefficient (Wildman–Crippen LogP) is 1.86. The van der Waals surface area contributed by atoms with Gasteiger partial charge in [0.2, 0.25) is 11.8 Å². The normalized spacial score (nSPS) is 13.2. The third-order valence-corrected chi connectivity index (χ3v) is 3.67. The first-order valence-electron chi connectivity index (χ1n) is 7.33. The second-order valence-electron chi connectivity index (χ2n) is 5.32. The summed E-state index contributed by atoms with van der Waals surface area (Å²) < 4.78 is 5.05. The number of nitrogens with one attached hydrogen (secondary N) is 1. The van der Waals surface area contributed by atoms with Gasteiger partial charge in [-0.25, -0.2) is 0 Å². The van der Waals surface area contributed by atoms with E-state index in [2.05, 4.69) is 26.4 Å². The molecule has 0 aliphatic carbocycles. The highest BCUT2D eigenvalue weighted by Crippen LogP contribution is 2.33. The van der Waals surface area contributed by atoms with Gasteiger partial charge >= 0.3 is 0 Å². The van der Waals surface area contributed by atoms with Gasteiger partial charge in [-0.05, 0) is 30.5 Å². The molecule has 0 atom stereocenters. The standard InChI is InChI=1S/C15H19N5O2.ClH/c1-10(21)17-12-5-2-6-13-11(12)4-3-7-20(13)9-14-18-15(8-16)22-19-14;/h2,5-6H,3-4,7-9,16H2,1H3,(H,17,21);1H. The zero-order valence-electron chi connectivity index (χ0n) is 12.9. The lowest BCUT2D eigenvalue weighted by atomic mass is 9.99. The molecule has 2 heterocycles. The number of halogens is 1. The molecule has 1 aliphatic heterocycles. The molecule has 8 heteroatoms. The van der Waals surface area contributed by atoms with Crippen LogP contribution >= 0.6 is 12.4 Å². The first-order valence-corrected chi connectivity index (χ1v) is 7.33. The molecule has 0 spiro atoms. The Bertz CT molecular complexity index is 688. The van der Waals surface area contributed by atoms with E-state index in [1.54, 1.807) is 0 Å². The quantitative estimate of drug-likeness (QED) is 0.883. The van der Waals surface area contributed by atoms with Crippen LogP contribution in [-0.2, 0) is 24.3 Å². The van der Waals surface area contributed by atoms with Crippen molar-refractivity contribution in [1.29, 1.82) is 0 Å². The molecule has 0 saturated carbocycles. The number of hydrogen-bond acceptors (Lipinski definition) is 6. The lowest BCUT2D eigenvalue weighted by Gasteiger charge is -2.31. The highest BCUT2D eigenvalue weighted by molar-refractivity contribution is 5.90. The van der Waals surface area contributed by atoms with Gasteiger partial charge in [-0.3, -0.25) is 4.79 Å². The summed E-state index contributed by atoms with van der Waals surface area (Å²) >= 11 is 0. The number of benzene rings is 1. The molecular weight excluding hydrogens is 318 g/mol. The first kappa shape index (κ1) is 17.2. The maximum Gasteiger partial charge on any atom is 0.240 e. The van der Waals surface area contributed by atoms with E-state index in [-0.39, 0.29) is 24.9 Å². The minimum Gasteiger partial charge on any atom is -0.364 e. The fourth-order valence-corrected chi connectivity index (χ4v) is 2.78. The minimum absolute atomic E-state index is 0. The molecule has 1 aliphatic rings. The molecule has 1 amide bonds. The molecule has 2 aromatic rings. The van der Waals surface area contributed by atoms with Gasteiger partial charge in [0, 0.05) is 24.8 Å². The number of fused-ring (bicyclic) bond motifs is 1. The maximum atomic E-state index is 11.3. The number of anilines is 2. The van der Waals surface area contributed by atoms with Crippen LogP contribution in [0.1, 0.15) is 30.6 Å². The van der Waals surface area contributed by atoms with E-state index >= 15 is 0 Å². The smallest absolute Gasteiger partial charge is 0.240 e. The van der Waals surface area contributed by atoms with Gasteiger partial charge < -0.3 is 20.5 Å². The second kappa shape index (κ2) is 7.43. The summed E-state index contributed by atoms with van der Waals surface area (Å²) in [5.41, 5.74) is 8.64. The fourth-order valence-electron chi connectivity index (χ4n) is 2.78. The Labute approximate surface area is 140 Å². The zero-order chi connectivity index (χ0) is 15.5. The van der Waals surface area contributed by atoms with Gasteiger partial charge in [0.1, 0.15) is 0 Å². The van der Waals surface area contributed by atoms with E-state index in [0.29, 0.717) is 18.3 Å². The van der Waals surface area contributed by atoms with Crippen LogP contribution < -0.4 is 16.0 Å². The van der Waals surface area contributed by atoms with Crippen molar-refractivity contribution in [3.63, 3.8) is 0 Å². The Balaban J connectivity index is 0.00000192. The SMILES string of the molecule is CC(=O)Nc1cccc2c1CCCN2Cc1noc(CN)n1.Cl. The van der Waals surface area contributed by atoms with Crippen molar-refractivity contribution < 1.29 is 9.32 Å². The number of rotatable bonds is 4. The number of hydrogen-bond donors (Lipinski definition) is 2. The summed E-state index contributed by atoms with van der Waals surface area (Å²) in [7, 11) is 0. The van der Waals surface area contributed by atoms with E-state index in [1.807, 2.05) is 12.1 Å². The van der Waals surface area contributed by atoms with Gasteiger partial charge in [0.05, 0.1) is 13.1 Å². The Morgan fingerprint density at radius 1 is 1.48 bits per heavy atom. The van der Waals surface area contributed by atoms with Crippen molar-refractivity contribution in [3.8, 4) is 0 Å². The number of carbonyl (C=O) groups is 1. The summed E-state index contributed by atoms with van der Waals surface area (Å²) in [5.74, 6) is 1.01. The average molecular weight is 338 g/mol. The number of nitrogens with two attached hydrogens (primary N) is 1. The van der Waals surface area contributed by atoms with Crippen LogP contribution in [-0.4, -0.2) is 22.6 Å². The van der Waals surface area contributed by atoms with E-state index in [1.165, 1.54) is 6.92 Å². The van der Waals surface area contributed by atoms with Crippen LogP contribution in [0.3, 0.4) is 0 Å². The van der Waals surface area contributed by atoms with Crippen LogP contribution in [0.4, 0.5) is 11.4 Å². The largest absolute Gasteiger partial charge is 0.364 e. The van der Waals surface area contributed by atoms with Crippen molar-refractivity contribution in [2.75, 3.05) is 16.8 Å². The summed E-state index contributed by atoms with van der Waals surface area (Å²) in [6.45, 7) is 3.26. The lowest BCUT2D eigenvalue weighted by Crippen LogP contribution is -2.30. The van der Waals surface area contributed by atoms with E-state index in [4.69, 9.17) is 10.3 Å². The summed E-state index contributed by atoms with van der Waals surface area (Å²) in [5, 5.41) is 6.85. The number of carbonyl (C=O) groups excluding carboxylic acids is 1. The molecule has 0 fully saturated rings. The van der Waals surface area contributed by atoms with Crippen LogP contribution in [0.5, 0.6) is 0 Å². The third kappa shape index (κ3) is 3.80. The Hall–Kier alpha value is -2.12. The molecule has 0 bridgehead atoms. The van der Waals surface area contributed by atoms with Crippen molar-refractivity contribution in [1.82, 2.24) is 10.1 Å².